The second-order valence-electron chi connectivity index (χ2n) is 3.80. The van der Waals surface area contributed by atoms with Crippen molar-refractivity contribution in [2.45, 2.75) is 37.7 Å². The summed E-state index contributed by atoms with van der Waals surface area (Å²) in [7, 11) is 0. The lowest BCUT2D eigenvalue weighted by Gasteiger charge is -2.25. The lowest BCUT2D eigenvalue weighted by molar-refractivity contribution is -0.161. The summed E-state index contributed by atoms with van der Waals surface area (Å²) in [5, 5.41) is 0. The number of carbonyl (C=O) groups excluding carboxylic acids is 1. The molecule has 7 heteroatoms. The van der Waals surface area contributed by atoms with Gasteiger partial charge in [-0.05, 0) is 19.8 Å². The summed E-state index contributed by atoms with van der Waals surface area (Å²) in [4.78, 5) is 12.0. The molecule has 0 saturated heterocycles. The van der Waals surface area contributed by atoms with Crippen LogP contribution in [-0.4, -0.2) is 48.1 Å². The Bertz CT molecular complexity index is 249. The molecule has 0 N–H and O–H groups in total. The van der Waals surface area contributed by atoms with Gasteiger partial charge in [0.15, 0.2) is 0 Å². The Morgan fingerprint density at radius 1 is 1.39 bits per heavy atom. The van der Waals surface area contributed by atoms with Gasteiger partial charge in [-0.15, -0.1) is 0 Å². The van der Waals surface area contributed by atoms with Gasteiger partial charge >= 0.3 is 6.18 Å². The summed E-state index contributed by atoms with van der Waals surface area (Å²) < 4.78 is 42.2. The van der Waals surface area contributed by atoms with Crippen LogP contribution in [0.5, 0.6) is 0 Å². The van der Waals surface area contributed by atoms with Crippen LogP contribution in [0.2, 0.25) is 0 Å². The van der Waals surface area contributed by atoms with Gasteiger partial charge < -0.3 is 9.64 Å². The van der Waals surface area contributed by atoms with Gasteiger partial charge in [0, 0.05) is 19.8 Å². The molecular weight excluding hydrogens is 315 g/mol. The number of alkyl halides is 4. The fourth-order valence-electron chi connectivity index (χ4n) is 1.36. The number of nitrogens with zero attached hydrogens (tertiary/aromatic N) is 1. The first kappa shape index (κ1) is 17.7. The first-order valence-electron chi connectivity index (χ1n) is 5.89. The van der Waals surface area contributed by atoms with Crippen molar-refractivity contribution in [1.82, 2.24) is 4.90 Å². The van der Waals surface area contributed by atoms with Crippen LogP contribution in [0.4, 0.5) is 13.2 Å². The largest absolute Gasteiger partial charge is 0.406 e. The number of hydrogen-bond donors (Lipinski definition) is 0. The van der Waals surface area contributed by atoms with Crippen LogP contribution in [-0.2, 0) is 9.53 Å². The molecule has 0 aromatic heterocycles. The van der Waals surface area contributed by atoms with Crippen LogP contribution < -0.4 is 0 Å². The van der Waals surface area contributed by atoms with E-state index in [1.807, 2.05) is 6.92 Å². The summed E-state index contributed by atoms with van der Waals surface area (Å²) in [6.07, 6.45) is -3.51. The number of ether oxygens (including phenoxy) is 1. The third-order valence-electron chi connectivity index (χ3n) is 2.23. The lowest BCUT2D eigenvalue weighted by Crippen LogP contribution is -2.43. The van der Waals surface area contributed by atoms with E-state index >= 15 is 0 Å². The SMILES string of the molecule is CCOCCCN(CC(F)(F)F)C(=O)C(Br)CC. The second-order valence-corrected chi connectivity index (χ2v) is 4.91. The van der Waals surface area contributed by atoms with E-state index in [0.717, 1.165) is 4.90 Å². The van der Waals surface area contributed by atoms with E-state index < -0.39 is 23.5 Å². The summed E-state index contributed by atoms with van der Waals surface area (Å²) in [6.45, 7) is 3.27. The zero-order valence-electron chi connectivity index (χ0n) is 10.6. The van der Waals surface area contributed by atoms with Gasteiger partial charge in [-0.1, -0.05) is 22.9 Å². The molecule has 18 heavy (non-hydrogen) atoms. The molecule has 0 fully saturated rings. The van der Waals surface area contributed by atoms with E-state index in [0.29, 0.717) is 26.1 Å². The standard InChI is InChI=1S/C11H19BrF3NO2/c1-3-9(12)10(17)16(8-11(13,14)15)6-5-7-18-4-2/h9H,3-8H2,1-2H3. The minimum Gasteiger partial charge on any atom is -0.382 e. The van der Waals surface area contributed by atoms with Gasteiger partial charge in [0.2, 0.25) is 5.91 Å². The van der Waals surface area contributed by atoms with Gasteiger partial charge in [0.05, 0.1) is 4.83 Å². The minimum atomic E-state index is -4.37. The molecule has 0 aromatic rings. The van der Waals surface area contributed by atoms with Crippen LogP contribution in [0.15, 0.2) is 0 Å². The Hall–Kier alpha value is -0.300. The third kappa shape index (κ3) is 7.92. The molecule has 0 aliphatic heterocycles. The average molecular weight is 334 g/mol. The molecule has 0 bridgehead atoms. The predicted molar refractivity (Wildman–Crippen MR) is 66.8 cm³/mol. The number of carbonyl (C=O) groups is 1. The van der Waals surface area contributed by atoms with E-state index in [-0.39, 0.29) is 6.54 Å². The summed E-state index contributed by atoms with van der Waals surface area (Å²) >= 11 is 3.08. The van der Waals surface area contributed by atoms with Crippen molar-refractivity contribution < 1.29 is 22.7 Å². The second kappa shape index (κ2) is 8.74. The molecule has 0 spiro atoms. The van der Waals surface area contributed by atoms with Crippen molar-refractivity contribution in [1.29, 1.82) is 0 Å². The highest BCUT2D eigenvalue weighted by Gasteiger charge is 2.34. The molecular formula is C11H19BrF3NO2. The topological polar surface area (TPSA) is 29.5 Å². The van der Waals surface area contributed by atoms with E-state index in [1.165, 1.54) is 0 Å². The first-order valence-corrected chi connectivity index (χ1v) is 6.80. The van der Waals surface area contributed by atoms with E-state index in [1.54, 1.807) is 6.92 Å². The van der Waals surface area contributed by atoms with Crippen molar-refractivity contribution in [2.24, 2.45) is 0 Å². The van der Waals surface area contributed by atoms with Gasteiger partial charge in [0.25, 0.3) is 0 Å². The Morgan fingerprint density at radius 3 is 2.44 bits per heavy atom. The molecule has 1 unspecified atom stereocenters. The number of halogens is 4. The van der Waals surface area contributed by atoms with Gasteiger partial charge in [0.1, 0.15) is 6.54 Å². The van der Waals surface area contributed by atoms with Gasteiger partial charge in [-0.3, -0.25) is 4.79 Å². The zero-order chi connectivity index (χ0) is 14.2. The maximum absolute atomic E-state index is 12.4. The molecule has 108 valence electrons. The van der Waals surface area contributed by atoms with Crippen LogP contribution in [0.1, 0.15) is 26.7 Å². The molecule has 0 aliphatic carbocycles. The molecule has 1 amide bonds. The molecule has 0 heterocycles. The number of hydrogen-bond acceptors (Lipinski definition) is 2. The van der Waals surface area contributed by atoms with Gasteiger partial charge in [-0.25, -0.2) is 0 Å². The quantitative estimate of drug-likeness (QED) is 0.505. The minimum absolute atomic E-state index is 0.0560. The molecule has 3 nitrogen and oxygen atoms in total. The van der Waals surface area contributed by atoms with Crippen LogP contribution in [0.3, 0.4) is 0 Å². The van der Waals surface area contributed by atoms with Crippen LogP contribution in [0.25, 0.3) is 0 Å². The number of rotatable bonds is 8. The zero-order valence-corrected chi connectivity index (χ0v) is 12.2. The maximum atomic E-state index is 12.4. The fraction of sp³-hybridized carbons (Fsp3) is 0.909. The van der Waals surface area contributed by atoms with Crippen molar-refractivity contribution in [3.05, 3.63) is 0 Å². The Balaban J connectivity index is 4.38. The van der Waals surface area contributed by atoms with Crippen molar-refractivity contribution in [3.8, 4) is 0 Å². The first-order chi connectivity index (χ1) is 8.31. The fourth-order valence-corrected chi connectivity index (χ4v) is 1.65. The highest BCUT2D eigenvalue weighted by Crippen LogP contribution is 2.19. The van der Waals surface area contributed by atoms with E-state index in [2.05, 4.69) is 15.9 Å². The average Bonchev–Trinajstić information content (AvgIpc) is 2.29. The van der Waals surface area contributed by atoms with Crippen molar-refractivity contribution >= 4 is 21.8 Å². The molecule has 0 radical (unpaired) electrons. The summed E-state index contributed by atoms with van der Waals surface area (Å²) in [6, 6.07) is 0. The monoisotopic (exact) mass is 333 g/mol. The van der Waals surface area contributed by atoms with Crippen LogP contribution >= 0.6 is 15.9 Å². The maximum Gasteiger partial charge on any atom is 0.406 e. The Labute approximate surface area is 114 Å². The van der Waals surface area contributed by atoms with Crippen molar-refractivity contribution in [2.75, 3.05) is 26.3 Å². The Kier molecular flexibility index (Phi) is 8.60. The lowest BCUT2D eigenvalue weighted by atomic mass is 10.2. The molecule has 0 aliphatic rings. The highest BCUT2D eigenvalue weighted by molar-refractivity contribution is 9.10. The predicted octanol–water partition coefficient (Wildman–Crippen LogP) is 2.98. The van der Waals surface area contributed by atoms with E-state index in [4.69, 9.17) is 4.74 Å². The molecule has 1 atom stereocenters. The molecule has 0 rings (SSSR count). The number of amides is 1. The van der Waals surface area contributed by atoms with Crippen LogP contribution in [0, 0.1) is 0 Å². The van der Waals surface area contributed by atoms with Gasteiger partial charge in [-0.2, -0.15) is 13.2 Å². The Morgan fingerprint density at radius 2 is 2.00 bits per heavy atom. The smallest absolute Gasteiger partial charge is 0.382 e. The van der Waals surface area contributed by atoms with E-state index in [9.17, 15) is 18.0 Å². The molecule has 0 saturated carbocycles. The summed E-state index contributed by atoms with van der Waals surface area (Å²) in [5.41, 5.74) is 0. The molecule has 0 aromatic carbocycles. The summed E-state index contributed by atoms with van der Waals surface area (Å²) in [5.74, 6) is -0.522. The van der Waals surface area contributed by atoms with Crippen molar-refractivity contribution in [3.63, 3.8) is 0 Å². The highest BCUT2D eigenvalue weighted by atomic mass is 79.9. The third-order valence-corrected chi connectivity index (χ3v) is 3.27. The normalized spacial score (nSPS) is 13.4.